The summed E-state index contributed by atoms with van der Waals surface area (Å²) < 4.78 is 11.4. The lowest BCUT2D eigenvalue weighted by Crippen LogP contribution is -2.54. The molecule has 0 unspecified atom stereocenters. The highest BCUT2D eigenvalue weighted by atomic mass is 32.1. The summed E-state index contributed by atoms with van der Waals surface area (Å²) in [5, 5.41) is 5.90. The molecule has 0 aliphatic carbocycles. The van der Waals surface area contributed by atoms with Crippen LogP contribution in [0.15, 0.2) is 16.0 Å². The predicted octanol–water partition coefficient (Wildman–Crippen LogP) is 2.32. The average Bonchev–Trinajstić information content (AvgIpc) is 3.25. The smallest absolute Gasteiger partial charge is 0.264 e. The van der Waals surface area contributed by atoms with E-state index in [9.17, 15) is 4.79 Å². The largest absolute Gasteiger partial charge is 0.377 e. The molecule has 23 heavy (non-hydrogen) atoms. The Morgan fingerprint density at radius 2 is 2.35 bits per heavy atom. The average molecular weight is 333 g/mol. The standard InChI is InChI=1S/C16H19N3O3S/c1-10-4-8-23-13(10)14(20)19-6-3-12-16(9-19,5-7-21-12)15-17-11(2)18-22-15/h4,8,12H,3,5-7,9H2,1-2H3/t12-,16-/m1/s1. The van der Waals surface area contributed by atoms with Crippen LogP contribution in [0.5, 0.6) is 0 Å². The molecule has 2 aromatic rings. The van der Waals surface area contributed by atoms with Crippen LogP contribution >= 0.6 is 11.3 Å². The molecule has 2 saturated heterocycles. The summed E-state index contributed by atoms with van der Waals surface area (Å²) >= 11 is 1.50. The van der Waals surface area contributed by atoms with Crippen molar-refractivity contribution in [3.05, 3.63) is 33.6 Å². The highest BCUT2D eigenvalue weighted by Crippen LogP contribution is 2.43. The van der Waals surface area contributed by atoms with E-state index in [0.29, 0.717) is 31.4 Å². The second-order valence-corrected chi connectivity index (χ2v) is 7.28. The lowest BCUT2D eigenvalue weighted by molar-refractivity contribution is 0.00840. The van der Waals surface area contributed by atoms with Crippen molar-refractivity contribution in [1.82, 2.24) is 15.0 Å². The van der Waals surface area contributed by atoms with Crippen molar-refractivity contribution in [2.75, 3.05) is 19.7 Å². The molecule has 0 aromatic carbocycles. The Morgan fingerprint density at radius 3 is 3.04 bits per heavy atom. The minimum absolute atomic E-state index is 0.0517. The lowest BCUT2D eigenvalue weighted by atomic mass is 9.76. The van der Waals surface area contributed by atoms with E-state index >= 15 is 0 Å². The molecule has 6 nitrogen and oxygen atoms in total. The van der Waals surface area contributed by atoms with Crippen LogP contribution in [-0.4, -0.2) is 46.7 Å². The Kier molecular flexibility index (Phi) is 3.50. The van der Waals surface area contributed by atoms with Gasteiger partial charge in [0.25, 0.3) is 5.91 Å². The molecule has 7 heteroatoms. The number of amides is 1. The van der Waals surface area contributed by atoms with E-state index in [2.05, 4.69) is 10.1 Å². The van der Waals surface area contributed by atoms with Crippen LogP contribution in [0.4, 0.5) is 0 Å². The number of ether oxygens (including phenoxy) is 1. The first-order chi connectivity index (χ1) is 11.1. The highest BCUT2D eigenvalue weighted by Gasteiger charge is 2.53. The first-order valence-electron chi connectivity index (χ1n) is 7.86. The number of hydrogen-bond acceptors (Lipinski definition) is 6. The maximum atomic E-state index is 12.9. The quantitative estimate of drug-likeness (QED) is 0.844. The van der Waals surface area contributed by atoms with E-state index in [-0.39, 0.29) is 17.4 Å². The number of carbonyl (C=O) groups excluding carboxylic acids is 1. The summed E-state index contributed by atoms with van der Waals surface area (Å²) in [6.07, 6.45) is 1.67. The SMILES string of the molecule is Cc1noc([C@@]23CCO[C@@H]2CCN(C(=O)c2sccc2C)C3)n1. The Labute approximate surface area is 138 Å². The summed E-state index contributed by atoms with van der Waals surface area (Å²) in [6.45, 7) is 5.75. The van der Waals surface area contributed by atoms with E-state index in [0.717, 1.165) is 23.3 Å². The van der Waals surface area contributed by atoms with Crippen LogP contribution in [0.3, 0.4) is 0 Å². The molecule has 2 aliphatic heterocycles. The maximum absolute atomic E-state index is 12.9. The van der Waals surface area contributed by atoms with Crippen molar-refractivity contribution in [1.29, 1.82) is 0 Å². The molecule has 2 aliphatic rings. The summed E-state index contributed by atoms with van der Waals surface area (Å²) in [6, 6.07) is 1.99. The van der Waals surface area contributed by atoms with Crippen molar-refractivity contribution in [3.8, 4) is 0 Å². The molecule has 0 bridgehead atoms. The van der Waals surface area contributed by atoms with Gasteiger partial charge >= 0.3 is 0 Å². The van der Waals surface area contributed by atoms with Gasteiger partial charge < -0.3 is 14.2 Å². The molecule has 0 spiro atoms. The fourth-order valence-corrected chi connectivity index (χ4v) is 4.55. The van der Waals surface area contributed by atoms with Crippen molar-refractivity contribution in [2.24, 2.45) is 0 Å². The van der Waals surface area contributed by atoms with Crippen LogP contribution in [0.2, 0.25) is 0 Å². The monoisotopic (exact) mass is 333 g/mol. The zero-order valence-electron chi connectivity index (χ0n) is 13.2. The van der Waals surface area contributed by atoms with Gasteiger partial charge in [0.2, 0.25) is 5.89 Å². The Hall–Kier alpha value is -1.73. The number of piperidine rings is 1. The number of nitrogens with zero attached hydrogens (tertiary/aromatic N) is 3. The number of carbonyl (C=O) groups is 1. The minimum Gasteiger partial charge on any atom is -0.377 e. The number of aromatic nitrogens is 2. The molecule has 4 heterocycles. The molecular formula is C16H19N3O3S. The van der Waals surface area contributed by atoms with Crippen LogP contribution in [0.25, 0.3) is 0 Å². The van der Waals surface area contributed by atoms with Crippen molar-refractivity contribution in [2.45, 2.75) is 38.2 Å². The highest BCUT2D eigenvalue weighted by molar-refractivity contribution is 7.12. The molecular weight excluding hydrogens is 314 g/mol. The Balaban J connectivity index is 1.66. The van der Waals surface area contributed by atoms with Crippen LogP contribution < -0.4 is 0 Å². The van der Waals surface area contributed by atoms with Crippen molar-refractivity contribution < 1.29 is 14.1 Å². The third-order valence-corrected chi connectivity index (χ3v) is 5.92. The first kappa shape index (κ1) is 14.8. The predicted molar refractivity (Wildman–Crippen MR) is 84.6 cm³/mol. The summed E-state index contributed by atoms with van der Waals surface area (Å²) in [5.41, 5.74) is 0.674. The molecule has 2 aromatic heterocycles. The van der Waals surface area contributed by atoms with Gasteiger partial charge in [-0.2, -0.15) is 4.98 Å². The fraction of sp³-hybridized carbons (Fsp3) is 0.562. The van der Waals surface area contributed by atoms with E-state index in [1.807, 2.05) is 30.2 Å². The van der Waals surface area contributed by atoms with Crippen LogP contribution in [0.1, 0.15) is 39.8 Å². The number of thiophene rings is 1. The summed E-state index contributed by atoms with van der Waals surface area (Å²) in [7, 11) is 0. The third-order valence-electron chi connectivity index (χ3n) is 4.91. The van der Waals surface area contributed by atoms with E-state index < -0.39 is 0 Å². The third kappa shape index (κ3) is 2.30. The van der Waals surface area contributed by atoms with Crippen LogP contribution in [0, 0.1) is 13.8 Å². The van der Waals surface area contributed by atoms with Gasteiger partial charge in [-0.25, -0.2) is 0 Å². The van der Waals surface area contributed by atoms with Crippen molar-refractivity contribution >= 4 is 17.2 Å². The second-order valence-electron chi connectivity index (χ2n) is 6.36. The van der Waals surface area contributed by atoms with Gasteiger partial charge in [-0.3, -0.25) is 4.79 Å². The lowest BCUT2D eigenvalue weighted by Gasteiger charge is -2.41. The zero-order chi connectivity index (χ0) is 16.0. The minimum atomic E-state index is -0.361. The van der Waals surface area contributed by atoms with Gasteiger partial charge in [-0.15, -0.1) is 11.3 Å². The fourth-order valence-electron chi connectivity index (χ4n) is 3.66. The maximum Gasteiger partial charge on any atom is 0.264 e. The zero-order valence-corrected chi connectivity index (χ0v) is 14.1. The van der Waals surface area contributed by atoms with Gasteiger partial charge in [0.1, 0.15) is 0 Å². The number of fused-ring (bicyclic) bond motifs is 1. The van der Waals surface area contributed by atoms with E-state index in [4.69, 9.17) is 9.26 Å². The summed E-state index contributed by atoms with van der Waals surface area (Å²) in [5.74, 6) is 1.33. The van der Waals surface area contributed by atoms with Gasteiger partial charge in [0.15, 0.2) is 5.82 Å². The number of rotatable bonds is 2. The van der Waals surface area contributed by atoms with Gasteiger partial charge in [0, 0.05) is 19.7 Å². The molecule has 1 amide bonds. The number of aryl methyl sites for hydroxylation is 2. The molecule has 2 atom stereocenters. The molecule has 4 rings (SSSR count). The molecule has 0 radical (unpaired) electrons. The van der Waals surface area contributed by atoms with Gasteiger partial charge in [0.05, 0.1) is 16.4 Å². The van der Waals surface area contributed by atoms with E-state index in [1.165, 1.54) is 11.3 Å². The van der Waals surface area contributed by atoms with Gasteiger partial charge in [-0.1, -0.05) is 5.16 Å². The molecule has 122 valence electrons. The molecule has 0 N–H and O–H groups in total. The van der Waals surface area contributed by atoms with Gasteiger partial charge in [-0.05, 0) is 43.7 Å². The second kappa shape index (κ2) is 5.42. The topological polar surface area (TPSA) is 68.5 Å². The summed E-state index contributed by atoms with van der Waals surface area (Å²) in [4.78, 5) is 20.1. The Bertz CT molecular complexity index is 741. The molecule has 0 saturated carbocycles. The van der Waals surface area contributed by atoms with Crippen molar-refractivity contribution in [3.63, 3.8) is 0 Å². The normalized spacial score (nSPS) is 27.2. The Morgan fingerprint density at radius 1 is 1.48 bits per heavy atom. The van der Waals surface area contributed by atoms with E-state index in [1.54, 1.807) is 0 Å². The molecule has 2 fully saturated rings. The number of hydrogen-bond donors (Lipinski definition) is 0. The number of likely N-dealkylation sites (tertiary alicyclic amines) is 1. The van der Waals surface area contributed by atoms with Crippen LogP contribution in [-0.2, 0) is 10.2 Å². The first-order valence-corrected chi connectivity index (χ1v) is 8.74.